The molecule has 0 spiro atoms. The monoisotopic (exact) mass is 323 g/mol. The number of nitrogens with zero attached hydrogens (tertiary/aromatic N) is 2. The molecule has 6 heteroatoms. The second-order valence-electron chi connectivity index (χ2n) is 7.06. The molecule has 1 amide bonds. The highest BCUT2D eigenvalue weighted by atomic mass is 16.6. The summed E-state index contributed by atoms with van der Waals surface area (Å²) in [5, 5.41) is 0. The van der Waals surface area contributed by atoms with Crippen molar-refractivity contribution in [3.05, 3.63) is 23.7 Å². The fraction of sp³-hybridized carbons (Fsp3) is 0.706. The first-order valence-electron chi connectivity index (χ1n) is 8.28. The molecule has 1 unspecified atom stereocenters. The van der Waals surface area contributed by atoms with Crippen LogP contribution >= 0.6 is 0 Å². The maximum Gasteiger partial charge on any atom is 0.410 e. The predicted octanol–water partition coefficient (Wildman–Crippen LogP) is 2.53. The van der Waals surface area contributed by atoms with Gasteiger partial charge in [0.25, 0.3) is 0 Å². The highest BCUT2D eigenvalue weighted by molar-refractivity contribution is 5.68. The van der Waals surface area contributed by atoms with Crippen LogP contribution in [0.25, 0.3) is 0 Å². The molecular weight excluding hydrogens is 294 g/mol. The topological polar surface area (TPSA) is 71.9 Å². The molecule has 1 fully saturated rings. The first-order valence-corrected chi connectivity index (χ1v) is 8.28. The molecule has 1 aliphatic rings. The Morgan fingerprint density at radius 1 is 1.30 bits per heavy atom. The van der Waals surface area contributed by atoms with Gasteiger partial charge in [-0.1, -0.05) is 0 Å². The maximum absolute atomic E-state index is 12.2. The van der Waals surface area contributed by atoms with Gasteiger partial charge in [0.05, 0.1) is 6.04 Å². The second-order valence-corrected chi connectivity index (χ2v) is 7.06. The van der Waals surface area contributed by atoms with Crippen molar-refractivity contribution in [2.24, 2.45) is 5.73 Å². The van der Waals surface area contributed by atoms with Crippen LogP contribution in [-0.2, 0) is 4.74 Å². The third-order valence-corrected chi connectivity index (χ3v) is 3.94. The molecule has 23 heavy (non-hydrogen) atoms. The molecule has 0 aromatic carbocycles. The van der Waals surface area contributed by atoms with Gasteiger partial charge < -0.3 is 19.8 Å². The van der Waals surface area contributed by atoms with Crippen molar-refractivity contribution in [1.82, 2.24) is 9.80 Å². The van der Waals surface area contributed by atoms with Gasteiger partial charge in [-0.3, -0.25) is 4.90 Å². The fourth-order valence-electron chi connectivity index (χ4n) is 2.84. The van der Waals surface area contributed by atoms with Gasteiger partial charge in [-0.05, 0) is 46.2 Å². The number of hydrogen-bond acceptors (Lipinski definition) is 5. The number of hydrogen-bond donors (Lipinski definition) is 1. The molecule has 2 N–H and O–H groups in total. The van der Waals surface area contributed by atoms with Crippen LogP contribution in [0.5, 0.6) is 0 Å². The van der Waals surface area contributed by atoms with Gasteiger partial charge in [-0.25, -0.2) is 4.79 Å². The van der Waals surface area contributed by atoms with E-state index in [-0.39, 0.29) is 12.1 Å². The lowest BCUT2D eigenvalue weighted by atomic mass is 10.2. The molecule has 1 saturated heterocycles. The van der Waals surface area contributed by atoms with Crippen molar-refractivity contribution in [3.8, 4) is 0 Å². The van der Waals surface area contributed by atoms with E-state index in [4.69, 9.17) is 14.9 Å². The third-order valence-electron chi connectivity index (χ3n) is 3.94. The number of furan rings is 1. The minimum Gasteiger partial charge on any atom is -0.465 e. The Morgan fingerprint density at radius 3 is 2.61 bits per heavy atom. The summed E-state index contributed by atoms with van der Waals surface area (Å²) in [4.78, 5) is 16.3. The van der Waals surface area contributed by atoms with E-state index in [1.54, 1.807) is 4.90 Å². The van der Waals surface area contributed by atoms with Crippen LogP contribution in [0.15, 0.2) is 16.5 Å². The Bertz CT molecular complexity index is 521. The Balaban J connectivity index is 1.98. The molecule has 130 valence electrons. The highest BCUT2D eigenvalue weighted by Gasteiger charge is 2.28. The minimum atomic E-state index is -0.464. The van der Waals surface area contributed by atoms with Crippen LogP contribution in [0.3, 0.4) is 0 Å². The largest absolute Gasteiger partial charge is 0.465 e. The summed E-state index contributed by atoms with van der Waals surface area (Å²) in [6.45, 7) is 11.1. The predicted molar refractivity (Wildman–Crippen MR) is 89.2 cm³/mol. The normalized spacial score (nSPS) is 18.6. The van der Waals surface area contributed by atoms with Crippen molar-refractivity contribution >= 4 is 6.09 Å². The molecule has 1 aliphatic heterocycles. The van der Waals surface area contributed by atoms with Gasteiger partial charge in [0.1, 0.15) is 17.1 Å². The molecule has 1 aromatic rings. The second kappa shape index (κ2) is 7.36. The summed E-state index contributed by atoms with van der Waals surface area (Å²) in [7, 11) is 0. The van der Waals surface area contributed by atoms with Gasteiger partial charge in [0.15, 0.2) is 0 Å². The van der Waals surface area contributed by atoms with Crippen molar-refractivity contribution in [2.45, 2.75) is 45.8 Å². The molecule has 6 nitrogen and oxygen atoms in total. The van der Waals surface area contributed by atoms with E-state index in [9.17, 15) is 4.79 Å². The number of carbonyl (C=O) groups is 1. The lowest BCUT2D eigenvalue weighted by molar-refractivity contribution is 0.0255. The zero-order chi connectivity index (χ0) is 17.0. The molecule has 2 rings (SSSR count). The van der Waals surface area contributed by atoms with E-state index >= 15 is 0 Å². The molecule has 1 aromatic heterocycles. The Labute approximate surface area is 138 Å². The third kappa shape index (κ3) is 4.97. The summed E-state index contributed by atoms with van der Waals surface area (Å²) in [5.41, 5.74) is 5.50. The molecule has 1 atom stereocenters. The number of aryl methyl sites for hydroxylation is 1. The molecule has 0 radical (unpaired) electrons. The van der Waals surface area contributed by atoms with Gasteiger partial charge in [-0.15, -0.1) is 0 Å². The van der Waals surface area contributed by atoms with Crippen LogP contribution in [-0.4, -0.2) is 54.2 Å². The summed E-state index contributed by atoms with van der Waals surface area (Å²) in [6.07, 6.45) is 0.660. The first-order chi connectivity index (χ1) is 10.8. The molecule has 0 aliphatic carbocycles. The molecule has 2 heterocycles. The van der Waals surface area contributed by atoms with Crippen molar-refractivity contribution in [1.29, 1.82) is 0 Å². The average Bonchev–Trinajstić information content (AvgIpc) is 2.73. The minimum absolute atomic E-state index is 0.0577. The number of rotatable bonds is 3. The van der Waals surface area contributed by atoms with Crippen LogP contribution in [0, 0.1) is 6.92 Å². The average molecular weight is 323 g/mol. The standard InChI is InChI=1S/C17H29N3O3/c1-13-6-7-15(22-13)14(12-18)19-8-5-9-20(11-10-19)16(21)23-17(2,3)4/h6-7,14H,5,8-12,18H2,1-4H3. The Morgan fingerprint density at radius 2 is 2.04 bits per heavy atom. The van der Waals surface area contributed by atoms with Crippen LogP contribution in [0.2, 0.25) is 0 Å². The first kappa shape index (κ1) is 17.8. The summed E-state index contributed by atoms with van der Waals surface area (Å²) in [5.74, 6) is 1.79. The van der Waals surface area contributed by atoms with Gasteiger partial charge in [-0.2, -0.15) is 0 Å². The quantitative estimate of drug-likeness (QED) is 0.925. The fourth-order valence-corrected chi connectivity index (χ4v) is 2.84. The zero-order valence-corrected chi connectivity index (χ0v) is 14.7. The van der Waals surface area contributed by atoms with Crippen LogP contribution in [0.1, 0.15) is 44.8 Å². The van der Waals surface area contributed by atoms with E-state index in [1.165, 1.54) is 0 Å². The van der Waals surface area contributed by atoms with Crippen molar-refractivity contribution in [2.75, 3.05) is 32.7 Å². The Kier molecular flexibility index (Phi) is 5.70. The number of amides is 1. The number of carbonyl (C=O) groups excluding carboxylic acids is 1. The zero-order valence-electron chi connectivity index (χ0n) is 14.7. The lowest BCUT2D eigenvalue weighted by Crippen LogP contribution is -2.40. The van der Waals surface area contributed by atoms with E-state index in [0.717, 1.165) is 31.0 Å². The molecule has 0 saturated carbocycles. The molecule has 0 bridgehead atoms. The van der Waals surface area contributed by atoms with E-state index < -0.39 is 5.60 Å². The van der Waals surface area contributed by atoms with Crippen molar-refractivity contribution < 1.29 is 13.9 Å². The maximum atomic E-state index is 12.2. The van der Waals surface area contributed by atoms with E-state index in [2.05, 4.69) is 4.90 Å². The highest BCUT2D eigenvalue weighted by Crippen LogP contribution is 2.23. The van der Waals surface area contributed by atoms with Gasteiger partial charge in [0.2, 0.25) is 0 Å². The lowest BCUT2D eigenvalue weighted by Gasteiger charge is -2.29. The van der Waals surface area contributed by atoms with Crippen LogP contribution in [0.4, 0.5) is 4.79 Å². The van der Waals surface area contributed by atoms with Gasteiger partial charge >= 0.3 is 6.09 Å². The number of nitrogens with two attached hydrogens (primary N) is 1. The SMILES string of the molecule is Cc1ccc(C(CN)N2CCCN(C(=O)OC(C)(C)C)CC2)o1. The van der Waals surface area contributed by atoms with Gasteiger partial charge in [0, 0.05) is 32.7 Å². The number of ether oxygens (including phenoxy) is 1. The van der Waals surface area contributed by atoms with Crippen molar-refractivity contribution in [3.63, 3.8) is 0 Å². The summed E-state index contributed by atoms with van der Waals surface area (Å²) < 4.78 is 11.2. The molecular formula is C17H29N3O3. The smallest absolute Gasteiger partial charge is 0.410 e. The van der Waals surface area contributed by atoms with E-state index in [1.807, 2.05) is 39.8 Å². The van der Waals surface area contributed by atoms with Crippen LogP contribution < -0.4 is 5.73 Å². The Hall–Kier alpha value is -1.53. The summed E-state index contributed by atoms with van der Waals surface area (Å²) in [6, 6.07) is 4.01. The van der Waals surface area contributed by atoms with E-state index in [0.29, 0.717) is 19.6 Å². The summed E-state index contributed by atoms with van der Waals surface area (Å²) >= 11 is 0.